The van der Waals surface area contributed by atoms with E-state index in [2.05, 4.69) is 74.3 Å². The molecule has 0 saturated heterocycles. The van der Waals surface area contributed by atoms with Gasteiger partial charge < -0.3 is 0 Å². The Balaban J connectivity index is 2.13. The second-order valence-electron chi connectivity index (χ2n) is 5.63. The van der Waals surface area contributed by atoms with E-state index >= 15 is 0 Å². The van der Waals surface area contributed by atoms with Crippen LogP contribution in [0.4, 0.5) is 0 Å². The van der Waals surface area contributed by atoms with Crippen molar-refractivity contribution in [3.05, 3.63) is 77.5 Å². The molecular formula is C20H19N. The summed E-state index contributed by atoms with van der Waals surface area (Å²) in [4.78, 5) is 4.62. The second-order valence-corrected chi connectivity index (χ2v) is 5.63. The molecule has 1 nitrogen and oxygen atoms in total. The number of hydrogen-bond acceptors (Lipinski definition) is 1. The summed E-state index contributed by atoms with van der Waals surface area (Å²) in [6.07, 6.45) is 1.97. The molecule has 0 spiro atoms. The minimum absolute atomic E-state index is 1.03. The predicted molar refractivity (Wildman–Crippen MR) is 89.3 cm³/mol. The Hall–Kier alpha value is -2.41. The van der Waals surface area contributed by atoms with E-state index < -0.39 is 0 Å². The minimum Gasteiger partial charge on any atom is -0.256 e. The van der Waals surface area contributed by atoms with E-state index in [4.69, 9.17) is 0 Å². The van der Waals surface area contributed by atoms with Crippen LogP contribution in [0.25, 0.3) is 22.4 Å². The number of benzene rings is 2. The van der Waals surface area contributed by atoms with Crippen LogP contribution in [0.1, 0.15) is 16.7 Å². The van der Waals surface area contributed by atoms with E-state index in [1.165, 1.54) is 33.4 Å². The van der Waals surface area contributed by atoms with E-state index in [1.807, 2.05) is 12.3 Å². The van der Waals surface area contributed by atoms with Gasteiger partial charge in [0.1, 0.15) is 0 Å². The van der Waals surface area contributed by atoms with Gasteiger partial charge in [-0.2, -0.15) is 0 Å². The lowest BCUT2D eigenvalue weighted by atomic mass is 9.98. The quantitative estimate of drug-likeness (QED) is 0.614. The van der Waals surface area contributed by atoms with Crippen molar-refractivity contribution in [1.29, 1.82) is 0 Å². The van der Waals surface area contributed by atoms with Crippen LogP contribution in [0.15, 0.2) is 60.8 Å². The van der Waals surface area contributed by atoms with Crippen molar-refractivity contribution in [2.45, 2.75) is 20.8 Å². The highest BCUT2D eigenvalue weighted by Crippen LogP contribution is 2.28. The largest absolute Gasteiger partial charge is 0.256 e. The van der Waals surface area contributed by atoms with Gasteiger partial charge in [0.2, 0.25) is 0 Å². The third-order valence-electron chi connectivity index (χ3n) is 3.71. The highest BCUT2D eigenvalue weighted by Gasteiger charge is 2.07. The molecule has 1 heteroatoms. The van der Waals surface area contributed by atoms with Crippen molar-refractivity contribution in [1.82, 2.24) is 4.98 Å². The Bertz CT molecular complexity index is 753. The van der Waals surface area contributed by atoms with Gasteiger partial charge in [0.15, 0.2) is 0 Å². The first-order valence-corrected chi connectivity index (χ1v) is 7.24. The summed E-state index contributed by atoms with van der Waals surface area (Å²) in [5.74, 6) is 0. The first kappa shape index (κ1) is 13.6. The van der Waals surface area contributed by atoms with E-state index in [0.29, 0.717) is 0 Å². The molecule has 2 aromatic carbocycles. The van der Waals surface area contributed by atoms with Crippen molar-refractivity contribution in [3.63, 3.8) is 0 Å². The number of aryl methyl sites for hydroxylation is 3. The fourth-order valence-corrected chi connectivity index (χ4v) is 2.73. The zero-order chi connectivity index (χ0) is 14.8. The third-order valence-corrected chi connectivity index (χ3v) is 3.71. The van der Waals surface area contributed by atoms with E-state index in [0.717, 1.165) is 5.69 Å². The monoisotopic (exact) mass is 273 g/mol. The molecule has 1 heterocycles. The van der Waals surface area contributed by atoms with Gasteiger partial charge in [-0.3, -0.25) is 4.98 Å². The lowest BCUT2D eigenvalue weighted by molar-refractivity contribution is 1.26. The molecule has 0 saturated carbocycles. The molecule has 0 radical (unpaired) electrons. The number of aromatic nitrogens is 1. The summed E-state index contributed by atoms with van der Waals surface area (Å²) in [6, 6.07) is 19.3. The third kappa shape index (κ3) is 2.87. The van der Waals surface area contributed by atoms with Gasteiger partial charge in [0, 0.05) is 11.8 Å². The van der Waals surface area contributed by atoms with Gasteiger partial charge in [-0.15, -0.1) is 0 Å². The highest BCUT2D eigenvalue weighted by molar-refractivity contribution is 5.73. The molecule has 0 aliphatic carbocycles. The number of rotatable bonds is 2. The first-order valence-electron chi connectivity index (χ1n) is 7.24. The molecule has 0 unspecified atom stereocenters. The average Bonchev–Trinajstić information content (AvgIpc) is 2.47. The van der Waals surface area contributed by atoms with Crippen molar-refractivity contribution >= 4 is 0 Å². The van der Waals surface area contributed by atoms with E-state index in [-0.39, 0.29) is 0 Å². The second kappa shape index (κ2) is 5.53. The summed E-state index contributed by atoms with van der Waals surface area (Å²) in [5.41, 5.74) is 8.45. The average molecular weight is 273 g/mol. The molecule has 0 fully saturated rings. The lowest BCUT2D eigenvalue weighted by Crippen LogP contribution is -1.90. The van der Waals surface area contributed by atoms with Crippen molar-refractivity contribution in [2.24, 2.45) is 0 Å². The van der Waals surface area contributed by atoms with Gasteiger partial charge in [0.05, 0.1) is 5.69 Å². The number of pyridine rings is 1. The molecule has 3 aromatic rings. The van der Waals surface area contributed by atoms with Crippen LogP contribution in [0.3, 0.4) is 0 Å². The maximum atomic E-state index is 4.62. The van der Waals surface area contributed by atoms with Gasteiger partial charge in [-0.05, 0) is 55.7 Å². The summed E-state index contributed by atoms with van der Waals surface area (Å²) >= 11 is 0. The molecule has 0 aliphatic rings. The number of hydrogen-bond donors (Lipinski definition) is 0. The fourth-order valence-electron chi connectivity index (χ4n) is 2.73. The smallest absolute Gasteiger partial charge is 0.0708 e. The Morgan fingerprint density at radius 1 is 0.714 bits per heavy atom. The van der Waals surface area contributed by atoms with Gasteiger partial charge in [-0.1, -0.05) is 47.5 Å². The predicted octanol–water partition coefficient (Wildman–Crippen LogP) is 5.34. The van der Waals surface area contributed by atoms with Gasteiger partial charge >= 0.3 is 0 Å². The molecule has 0 N–H and O–H groups in total. The molecule has 3 rings (SSSR count). The Morgan fingerprint density at radius 2 is 1.38 bits per heavy atom. The molecule has 0 atom stereocenters. The van der Waals surface area contributed by atoms with Crippen LogP contribution >= 0.6 is 0 Å². The van der Waals surface area contributed by atoms with Crippen molar-refractivity contribution < 1.29 is 0 Å². The van der Waals surface area contributed by atoms with E-state index in [1.54, 1.807) is 0 Å². The SMILES string of the molecule is Cc1cc(C)cc(-c2cc(-c3ccccc3)c(C)cn2)c1. The first-order chi connectivity index (χ1) is 10.1. The molecule has 1 aromatic heterocycles. The minimum atomic E-state index is 1.03. The van der Waals surface area contributed by atoms with Crippen LogP contribution < -0.4 is 0 Å². The molecule has 21 heavy (non-hydrogen) atoms. The highest BCUT2D eigenvalue weighted by atomic mass is 14.7. The van der Waals surface area contributed by atoms with Crippen LogP contribution in [-0.2, 0) is 0 Å². The van der Waals surface area contributed by atoms with Crippen molar-refractivity contribution in [2.75, 3.05) is 0 Å². The summed E-state index contributed by atoms with van der Waals surface area (Å²) < 4.78 is 0. The van der Waals surface area contributed by atoms with Crippen LogP contribution in [0, 0.1) is 20.8 Å². The van der Waals surface area contributed by atoms with Crippen LogP contribution in [0.2, 0.25) is 0 Å². The summed E-state index contributed by atoms with van der Waals surface area (Å²) in [5, 5.41) is 0. The summed E-state index contributed by atoms with van der Waals surface area (Å²) in [7, 11) is 0. The zero-order valence-electron chi connectivity index (χ0n) is 12.7. The molecule has 0 aliphatic heterocycles. The van der Waals surface area contributed by atoms with Crippen molar-refractivity contribution in [3.8, 4) is 22.4 Å². The zero-order valence-corrected chi connectivity index (χ0v) is 12.7. The Labute approximate surface area is 126 Å². The topological polar surface area (TPSA) is 12.9 Å². The maximum Gasteiger partial charge on any atom is 0.0708 e. The maximum absolute atomic E-state index is 4.62. The van der Waals surface area contributed by atoms with Crippen LogP contribution in [-0.4, -0.2) is 4.98 Å². The molecular weight excluding hydrogens is 254 g/mol. The van der Waals surface area contributed by atoms with Gasteiger partial charge in [0.25, 0.3) is 0 Å². The lowest BCUT2D eigenvalue weighted by Gasteiger charge is -2.10. The summed E-state index contributed by atoms with van der Waals surface area (Å²) in [6.45, 7) is 6.37. The standard InChI is InChI=1S/C20H19N/c1-14-9-15(2)11-18(10-14)20-12-19(16(3)13-21-20)17-7-5-4-6-8-17/h4-13H,1-3H3. The van der Waals surface area contributed by atoms with E-state index in [9.17, 15) is 0 Å². The Morgan fingerprint density at radius 3 is 2.05 bits per heavy atom. The molecule has 104 valence electrons. The van der Waals surface area contributed by atoms with Gasteiger partial charge in [-0.25, -0.2) is 0 Å². The molecule has 0 bridgehead atoms. The fraction of sp³-hybridized carbons (Fsp3) is 0.150. The Kier molecular flexibility index (Phi) is 3.57. The number of nitrogens with zero attached hydrogens (tertiary/aromatic N) is 1. The van der Waals surface area contributed by atoms with Crippen LogP contribution in [0.5, 0.6) is 0 Å². The normalized spacial score (nSPS) is 10.6. The molecule has 0 amide bonds.